The van der Waals surface area contributed by atoms with E-state index < -0.39 is 0 Å². The molecule has 4 N–H and O–H groups in total. The maximum absolute atomic E-state index is 8.72. The van der Waals surface area contributed by atoms with Crippen LogP contribution in [0, 0.1) is 0 Å². The van der Waals surface area contributed by atoms with E-state index >= 15 is 0 Å². The summed E-state index contributed by atoms with van der Waals surface area (Å²) in [6.45, 7) is 0. The minimum absolute atomic E-state index is 0.832. The first-order valence-corrected chi connectivity index (χ1v) is 6.72. The number of aromatic amines is 2. The Hall–Kier alpha value is -3.28. The van der Waals surface area contributed by atoms with Gasteiger partial charge in [0.2, 0.25) is 0 Å². The number of benzene rings is 2. The Labute approximate surface area is 124 Å². The normalized spacial score (nSPS) is 12.5. The van der Waals surface area contributed by atoms with E-state index in [0.717, 1.165) is 43.7 Å². The lowest BCUT2D eigenvalue weighted by Gasteiger charge is -2.02. The van der Waals surface area contributed by atoms with Crippen molar-refractivity contribution in [1.29, 1.82) is 0 Å². The standard InChI is InChI=1S/C16H12N4O2/c21-19-7-9-5-17-15-11(9)1-3-13-14(15)4-2-12-10(8-20-22)6-18-16(12)13/h1-8,17-18,21-22H/b19-7+,20-8+. The van der Waals surface area contributed by atoms with E-state index in [1.807, 2.05) is 36.7 Å². The minimum atomic E-state index is 0.832. The molecule has 0 aliphatic rings. The smallest absolute Gasteiger partial charge is 0.0755 e. The zero-order chi connectivity index (χ0) is 15.1. The highest BCUT2D eigenvalue weighted by Gasteiger charge is 2.10. The molecule has 2 aromatic heterocycles. The average Bonchev–Trinajstić information content (AvgIpc) is 3.13. The Morgan fingerprint density at radius 3 is 1.50 bits per heavy atom. The third-order valence-corrected chi connectivity index (χ3v) is 3.96. The second-order valence-electron chi connectivity index (χ2n) is 5.05. The first-order chi connectivity index (χ1) is 10.8. The highest BCUT2D eigenvalue weighted by molar-refractivity contribution is 6.19. The molecule has 0 fully saturated rings. The van der Waals surface area contributed by atoms with Gasteiger partial charge in [-0.05, 0) is 0 Å². The van der Waals surface area contributed by atoms with Crippen molar-refractivity contribution in [2.45, 2.75) is 0 Å². The monoisotopic (exact) mass is 292 g/mol. The average molecular weight is 292 g/mol. The van der Waals surface area contributed by atoms with Gasteiger partial charge in [-0.2, -0.15) is 0 Å². The van der Waals surface area contributed by atoms with Crippen LogP contribution in [-0.2, 0) is 0 Å². The summed E-state index contributed by atoms with van der Waals surface area (Å²) in [5.74, 6) is 0. The van der Waals surface area contributed by atoms with Gasteiger partial charge in [0.1, 0.15) is 0 Å². The van der Waals surface area contributed by atoms with Crippen molar-refractivity contribution in [1.82, 2.24) is 9.97 Å². The molecule has 0 saturated carbocycles. The van der Waals surface area contributed by atoms with Gasteiger partial charge in [0.15, 0.2) is 0 Å². The molecule has 0 amide bonds. The molecule has 0 bridgehead atoms. The number of rotatable bonds is 2. The molecule has 0 unspecified atom stereocenters. The van der Waals surface area contributed by atoms with Crippen LogP contribution in [0.1, 0.15) is 11.1 Å². The fourth-order valence-electron chi connectivity index (χ4n) is 2.99. The molecular formula is C16H12N4O2. The predicted octanol–water partition coefficient (Wildman–Crippen LogP) is 3.42. The lowest BCUT2D eigenvalue weighted by molar-refractivity contribution is 0.321. The van der Waals surface area contributed by atoms with Gasteiger partial charge < -0.3 is 20.4 Å². The van der Waals surface area contributed by atoms with Crippen LogP contribution < -0.4 is 0 Å². The van der Waals surface area contributed by atoms with Crippen LogP contribution in [0.3, 0.4) is 0 Å². The molecule has 2 heterocycles. The molecule has 108 valence electrons. The summed E-state index contributed by atoms with van der Waals surface area (Å²) < 4.78 is 0. The maximum atomic E-state index is 8.72. The Bertz CT molecular complexity index is 971. The topological polar surface area (TPSA) is 96.8 Å². The molecule has 0 aliphatic heterocycles. The summed E-state index contributed by atoms with van der Waals surface area (Å²) in [5.41, 5.74) is 3.64. The van der Waals surface area contributed by atoms with E-state index in [9.17, 15) is 0 Å². The van der Waals surface area contributed by atoms with Gasteiger partial charge in [-0.1, -0.05) is 34.6 Å². The third-order valence-electron chi connectivity index (χ3n) is 3.96. The van der Waals surface area contributed by atoms with Crippen LogP contribution in [-0.4, -0.2) is 32.8 Å². The lowest BCUT2D eigenvalue weighted by atomic mass is 10.0. The first-order valence-electron chi connectivity index (χ1n) is 6.72. The summed E-state index contributed by atoms with van der Waals surface area (Å²) in [6, 6.07) is 8.04. The van der Waals surface area contributed by atoms with Gasteiger partial charge in [-0.15, -0.1) is 0 Å². The number of fused-ring (bicyclic) bond motifs is 5. The second kappa shape index (κ2) is 4.63. The van der Waals surface area contributed by atoms with Crippen LogP contribution in [0.2, 0.25) is 0 Å². The number of hydrogen-bond acceptors (Lipinski definition) is 4. The summed E-state index contributed by atoms with van der Waals surface area (Å²) in [5, 5.41) is 27.8. The SMILES string of the molecule is O/N=C/c1c[nH]c2c1ccc1c2ccc2c(/C=N/O)c[nH]c21. The van der Waals surface area contributed by atoms with E-state index in [-0.39, 0.29) is 0 Å². The van der Waals surface area contributed by atoms with Crippen LogP contribution in [0.4, 0.5) is 0 Å². The van der Waals surface area contributed by atoms with E-state index in [4.69, 9.17) is 10.4 Å². The van der Waals surface area contributed by atoms with Crippen molar-refractivity contribution in [2.24, 2.45) is 10.3 Å². The first kappa shape index (κ1) is 12.5. The third kappa shape index (κ3) is 1.61. The van der Waals surface area contributed by atoms with Gasteiger partial charge in [0.05, 0.1) is 23.5 Å². The fraction of sp³-hybridized carbons (Fsp3) is 0. The van der Waals surface area contributed by atoms with Crippen LogP contribution >= 0.6 is 0 Å². The summed E-state index contributed by atoms with van der Waals surface area (Å²) in [6.07, 6.45) is 6.44. The highest BCUT2D eigenvalue weighted by atomic mass is 16.4. The van der Waals surface area contributed by atoms with Gasteiger partial charge in [-0.3, -0.25) is 0 Å². The molecule has 2 aromatic carbocycles. The van der Waals surface area contributed by atoms with Gasteiger partial charge in [-0.25, -0.2) is 0 Å². The van der Waals surface area contributed by atoms with Crippen molar-refractivity contribution in [3.8, 4) is 0 Å². The number of nitrogens with zero attached hydrogens (tertiary/aromatic N) is 2. The number of nitrogens with one attached hydrogen (secondary N) is 2. The second-order valence-corrected chi connectivity index (χ2v) is 5.05. The van der Waals surface area contributed by atoms with Crippen LogP contribution in [0.5, 0.6) is 0 Å². The van der Waals surface area contributed by atoms with E-state index in [0.29, 0.717) is 0 Å². The van der Waals surface area contributed by atoms with Crippen molar-refractivity contribution in [3.63, 3.8) is 0 Å². The molecule has 6 heteroatoms. The van der Waals surface area contributed by atoms with Gasteiger partial charge in [0, 0.05) is 45.1 Å². The van der Waals surface area contributed by atoms with Gasteiger partial charge in [0.25, 0.3) is 0 Å². The zero-order valence-corrected chi connectivity index (χ0v) is 11.4. The molecule has 4 aromatic rings. The molecule has 0 saturated heterocycles. The number of aromatic nitrogens is 2. The number of oxime groups is 2. The van der Waals surface area contributed by atoms with Crippen molar-refractivity contribution in [3.05, 3.63) is 47.8 Å². The Kier molecular flexibility index (Phi) is 2.62. The lowest BCUT2D eigenvalue weighted by Crippen LogP contribution is -1.81. The molecule has 6 nitrogen and oxygen atoms in total. The molecule has 22 heavy (non-hydrogen) atoms. The molecule has 4 rings (SSSR count). The Morgan fingerprint density at radius 2 is 1.09 bits per heavy atom. The fourth-order valence-corrected chi connectivity index (χ4v) is 2.99. The van der Waals surface area contributed by atoms with Crippen molar-refractivity contribution >= 4 is 45.0 Å². The molecule has 0 radical (unpaired) electrons. The number of hydrogen-bond donors (Lipinski definition) is 4. The summed E-state index contributed by atoms with van der Waals surface area (Å²) >= 11 is 0. The molecule has 0 aliphatic carbocycles. The zero-order valence-electron chi connectivity index (χ0n) is 11.4. The van der Waals surface area contributed by atoms with E-state index in [2.05, 4.69) is 20.3 Å². The Morgan fingerprint density at radius 1 is 0.682 bits per heavy atom. The van der Waals surface area contributed by atoms with Crippen LogP contribution in [0.15, 0.2) is 47.0 Å². The van der Waals surface area contributed by atoms with Crippen molar-refractivity contribution in [2.75, 3.05) is 0 Å². The van der Waals surface area contributed by atoms with Crippen molar-refractivity contribution < 1.29 is 10.4 Å². The quantitative estimate of drug-likeness (QED) is 0.259. The van der Waals surface area contributed by atoms with Gasteiger partial charge >= 0.3 is 0 Å². The predicted molar refractivity (Wildman–Crippen MR) is 86.4 cm³/mol. The van der Waals surface area contributed by atoms with Crippen LogP contribution in [0.25, 0.3) is 32.6 Å². The molecule has 0 atom stereocenters. The number of H-pyrrole nitrogens is 2. The molecule has 0 spiro atoms. The highest BCUT2D eigenvalue weighted by Crippen LogP contribution is 2.32. The minimum Gasteiger partial charge on any atom is -0.411 e. The molecular weight excluding hydrogens is 280 g/mol. The van der Waals surface area contributed by atoms with E-state index in [1.54, 1.807) is 0 Å². The van der Waals surface area contributed by atoms with E-state index in [1.165, 1.54) is 12.4 Å². The summed E-state index contributed by atoms with van der Waals surface area (Å²) in [7, 11) is 0. The maximum Gasteiger partial charge on any atom is 0.0755 e. The largest absolute Gasteiger partial charge is 0.411 e. The Balaban J connectivity index is 2.09. The summed E-state index contributed by atoms with van der Waals surface area (Å²) in [4.78, 5) is 6.46.